The Kier molecular flexibility index (Phi) is 4.40. The molecule has 0 aromatic carbocycles. The molecule has 0 amide bonds. The lowest BCUT2D eigenvalue weighted by molar-refractivity contribution is -0.180. The third-order valence-corrected chi connectivity index (χ3v) is 2.61. The van der Waals surface area contributed by atoms with E-state index in [1.165, 1.54) is 0 Å². The molecule has 0 aliphatic carbocycles. The van der Waals surface area contributed by atoms with E-state index in [1.54, 1.807) is 0 Å². The maximum absolute atomic E-state index is 12.3. The molecule has 1 rings (SSSR count). The SMILES string of the molecule is CC(C)OCC1CCC(C(F)(F)F)CN1. The fraction of sp³-hybridized carbons (Fsp3) is 1.00. The Labute approximate surface area is 88.2 Å². The van der Waals surface area contributed by atoms with E-state index in [0.29, 0.717) is 13.0 Å². The van der Waals surface area contributed by atoms with Crippen LogP contribution < -0.4 is 5.32 Å². The van der Waals surface area contributed by atoms with E-state index >= 15 is 0 Å². The van der Waals surface area contributed by atoms with Crippen LogP contribution in [0, 0.1) is 5.92 Å². The third kappa shape index (κ3) is 4.38. The summed E-state index contributed by atoms with van der Waals surface area (Å²) < 4.78 is 42.3. The van der Waals surface area contributed by atoms with Gasteiger partial charge in [-0.05, 0) is 26.7 Å². The van der Waals surface area contributed by atoms with Crippen molar-refractivity contribution >= 4 is 0 Å². The van der Waals surface area contributed by atoms with Gasteiger partial charge >= 0.3 is 6.18 Å². The van der Waals surface area contributed by atoms with Crippen LogP contribution in [0.3, 0.4) is 0 Å². The standard InChI is InChI=1S/C10H18F3NO/c1-7(2)15-6-9-4-3-8(5-14-9)10(11,12)13/h7-9,14H,3-6H2,1-2H3. The van der Waals surface area contributed by atoms with Gasteiger partial charge in [0, 0.05) is 12.6 Å². The molecule has 90 valence electrons. The number of halogens is 3. The van der Waals surface area contributed by atoms with Crippen molar-refractivity contribution in [3.63, 3.8) is 0 Å². The van der Waals surface area contributed by atoms with Crippen molar-refractivity contribution in [3.05, 3.63) is 0 Å². The van der Waals surface area contributed by atoms with Gasteiger partial charge in [0.1, 0.15) is 0 Å². The van der Waals surface area contributed by atoms with Crippen molar-refractivity contribution in [1.29, 1.82) is 0 Å². The zero-order valence-electron chi connectivity index (χ0n) is 9.10. The minimum absolute atomic E-state index is 0.0234. The van der Waals surface area contributed by atoms with Crippen LogP contribution in [-0.2, 0) is 4.74 Å². The number of hydrogen-bond acceptors (Lipinski definition) is 2. The van der Waals surface area contributed by atoms with Crippen LogP contribution in [-0.4, -0.2) is 31.5 Å². The van der Waals surface area contributed by atoms with Gasteiger partial charge in [0.25, 0.3) is 0 Å². The summed E-state index contributed by atoms with van der Waals surface area (Å²) in [7, 11) is 0. The minimum atomic E-state index is -4.06. The van der Waals surface area contributed by atoms with Gasteiger partial charge in [0.15, 0.2) is 0 Å². The molecule has 1 N–H and O–H groups in total. The van der Waals surface area contributed by atoms with E-state index in [4.69, 9.17) is 4.74 Å². The number of ether oxygens (including phenoxy) is 1. The van der Waals surface area contributed by atoms with E-state index in [0.717, 1.165) is 0 Å². The van der Waals surface area contributed by atoms with Gasteiger partial charge in [-0.1, -0.05) is 0 Å². The average Bonchev–Trinajstić information content (AvgIpc) is 2.14. The molecule has 0 aromatic rings. The maximum atomic E-state index is 12.3. The predicted molar refractivity (Wildman–Crippen MR) is 51.7 cm³/mol. The molecule has 2 atom stereocenters. The molecule has 2 nitrogen and oxygen atoms in total. The first-order chi connectivity index (χ1) is 6.89. The molecule has 0 aromatic heterocycles. The van der Waals surface area contributed by atoms with Gasteiger partial charge in [0.2, 0.25) is 0 Å². The third-order valence-electron chi connectivity index (χ3n) is 2.61. The highest BCUT2D eigenvalue weighted by molar-refractivity contribution is 4.81. The quantitative estimate of drug-likeness (QED) is 0.796. The number of nitrogens with one attached hydrogen (secondary N) is 1. The van der Waals surface area contributed by atoms with Gasteiger partial charge in [0.05, 0.1) is 18.6 Å². The summed E-state index contributed by atoms with van der Waals surface area (Å²) in [5.41, 5.74) is 0. The van der Waals surface area contributed by atoms with Gasteiger partial charge in [-0.3, -0.25) is 0 Å². The van der Waals surface area contributed by atoms with E-state index in [2.05, 4.69) is 5.32 Å². The van der Waals surface area contributed by atoms with Crippen molar-refractivity contribution in [2.45, 2.75) is 45.0 Å². The van der Waals surface area contributed by atoms with Crippen molar-refractivity contribution < 1.29 is 17.9 Å². The molecule has 5 heteroatoms. The van der Waals surface area contributed by atoms with Crippen LogP contribution >= 0.6 is 0 Å². The summed E-state index contributed by atoms with van der Waals surface area (Å²) in [4.78, 5) is 0. The van der Waals surface area contributed by atoms with Gasteiger partial charge < -0.3 is 10.1 Å². The van der Waals surface area contributed by atoms with Crippen molar-refractivity contribution in [2.75, 3.05) is 13.2 Å². The molecular formula is C10H18F3NO. The van der Waals surface area contributed by atoms with Crippen molar-refractivity contribution in [1.82, 2.24) is 5.32 Å². The molecule has 1 aliphatic rings. The largest absolute Gasteiger partial charge is 0.393 e. The molecule has 0 bridgehead atoms. The first kappa shape index (κ1) is 12.8. The van der Waals surface area contributed by atoms with Crippen LogP contribution in [0.1, 0.15) is 26.7 Å². The summed E-state index contributed by atoms with van der Waals surface area (Å²) in [5, 5.41) is 2.89. The lowest BCUT2D eigenvalue weighted by Crippen LogP contribution is -2.46. The smallest absolute Gasteiger partial charge is 0.377 e. The fourth-order valence-corrected chi connectivity index (χ4v) is 1.65. The second kappa shape index (κ2) is 5.16. The Morgan fingerprint density at radius 3 is 2.40 bits per heavy atom. The summed E-state index contributed by atoms with van der Waals surface area (Å²) in [6.45, 7) is 4.36. The van der Waals surface area contributed by atoms with Crippen molar-refractivity contribution in [2.24, 2.45) is 5.92 Å². The molecule has 0 spiro atoms. The second-order valence-corrected chi connectivity index (χ2v) is 4.30. The van der Waals surface area contributed by atoms with Gasteiger partial charge in [-0.2, -0.15) is 13.2 Å². The highest BCUT2D eigenvalue weighted by Crippen LogP contribution is 2.31. The molecule has 0 saturated carbocycles. The summed E-state index contributed by atoms with van der Waals surface area (Å²) in [5.74, 6) is -1.19. The van der Waals surface area contributed by atoms with Gasteiger partial charge in [-0.25, -0.2) is 0 Å². The predicted octanol–water partition coefficient (Wildman–Crippen LogP) is 2.34. The normalized spacial score (nSPS) is 28.4. The highest BCUT2D eigenvalue weighted by atomic mass is 19.4. The zero-order valence-corrected chi connectivity index (χ0v) is 9.10. The number of rotatable bonds is 3. The average molecular weight is 225 g/mol. The topological polar surface area (TPSA) is 21.3 Å². The van der Waals surface area contributed by atoms with Crippen LogP contribution in [0.25, 0.3) is 0 Å². The zero-order chi connectivity index (χ0) is 11.5. The van der Waals surface area contributed by atoms with Crippen LogP contribution in [0.15, 0.2) is 0 Å². The van der Waals surface area contributed by atoms with E-state index < -0.39 is 12.1 Å². The molecule has 2 unspecified atom stereocenters. The number of hydrogen-bond donors (Lipinski definition) is 1. The first-order valence-corrected chi connectivity index (χ1v) is 5.31. The monoisotopic (exact) mass is 225 g/mol. The minimum Gasteiger partial charge on any atom is -0.377 e. The molecule has 1 aliphatic heterocycles. The Hall–Kier alpha value is -0.290. The first-order valence-electron chi connectivity index (χ1n) is 5.31. The van der Waals surface area contributed by atoms with Crippen LogP contribution in [0.2, 0.25) is 0 Å². The van der Waals surface area contributed by atoms with E-state index in [-0.39, 0.29) is 25.1 Å². The maximum Gasteiger partial charge on any atom is 0.393 e. The molecule has 1 fully saturated rings. The Morgan fingerprint density at radius 2 is 2.00 bits per heavy atom. The Balaban J connectivity index is 2.24. The molecule has 15 heavy (non-hydrogen) atoms. The summed E-state index contributed by atoms with van der Waals surface area (Å²) in [6.07, 6.45) is -3.18. The molecule has 1 heterocycles. The Morgan fingerprint density at radius 1 is 1.33 bits per heavy atom. The van der Waals surface area contributed by atoms with E-state index in [1.807, 2.05) is 13.8 Å². The number of alkyl halides is 3. The summed E-state index contributed by atoms with van der Waals surface area (Å²) in [6, 6.07) is 0.0750. The van der Waals surface area contributed by atoms with E-state index in [9.17, 15) is 13.2 Å². The van der Waals surface area contributed by atoms with Gasteiger partial charge in [-0.15, -0.1) is 0 Å². The lowest BCUT2D eigenvalue weighted by Gasteiger charge is -2.31. The fourth-order valence-electron chi connectivity index (χ4n) is 1.65. The molecular weight excluding hydrogens is 207 g/mol. The van der Waals surface area contributed by atoms with Crippen LogP contribution in [0.5, 0.6) is 0 Å². The van der Waals surface area contributed by atoms with Crippen molar-refractivity contribution in [3.8, 4) is 0 Å². The lowest BCUT2D eigenvalue weighted by atomic mass is 9.94. The number of piperidine rings is 1. The summed E-state index contributed by atoms with van der Waals surface area (Å²) >= 11 is 0. The molecule has 1 saturated heterocycles. The Bertz CT molecular complexity index is 186. The van der Waals surface area contributed by atoms with Crippen LogP contribution in [0.4, 0.5) is 13.2 Å². The molecule has 0 radical (unpaired) electrons. The second-order valence-electron chi connectivity index (χ2n) is 4.30. The highest BCUT2D eigenvalue weighted by Gasteiger charge is 2.41.